The van der Waals surface area contributed by atoms with Crippen LogP contribution in [-0.4, -0.2) is 83.7 Å². The Morgan fingerprint density at radius 2 is 1.36 bits per heavy atom. The van der Waals surface area contributed by atoms with Crippen molar-refractivity contribution in [2.24, 2.45) is 4.99 Å². The van der Waals surface area contributed by atoms with Gasteiger partial charge in [-0.1, -0.05) is 0 Å². The van der Waals surface area contributed by atoms with Crippen molar-refractivity contribution < 1.29 is 33.3 Å². The first-order valence-corrected chi connectivity index (χ1v) is 8.27. The summed E-state index contributed by atoms with van der Waals surface area (Å²) in [6.07, 6.45) is 0.986. The van der Waals surface area contributed by atoms with E-state index >= 15 is 0 Å². The highest BCUT2D eigenvalue weighted by atomic mass is 16.6. The van der Waals surface area contributed by atoms with Crippen molar-refractivity contribution >= 4 is 12.2 Å². The second kappa shape index (κ2) is 16.0. The lowest BCUT2D eigenvalue weighted by molar-refractivity contribution is -0.000981. The summed E-state index contributed by atoms with van der Waals surface area (Å²) < 4.78 is 26.2. The summed E-state index contributed by atoms with van der Waals surface area (Å²) in [5.74, 6) is 0. The van der Waals surface area contributed by atoms with Crippen LogP contribution in [0.3, 0.4) is 0 Å². The summed E-state index contributed by atoms with van der Waals surface area (Å²) >= 11 is 0. The van der Waals surface area contributed by atoms with Gasteiger partial charge in [-0.3, -0.25) is 0 Å². The van der Waals surface area contributed by atoms with Gasteiger partial charge in [0, 0.05) is 6.54 Å². The molecular weight excluding hydrogens is 332 g/mol. The van der Waals surface area contributed by atoms with Crippen LogP contribution in [0.15, 0.2) is 4.99 Å². The molecule has 0 heterocycles. The molecule has 1 amide bonds. The highest BCUT2D eigenvalue weighted by Gasteiger charge is 2.15. The molecule has 0 spiro atoms. The molecule has 9 nitrogen and oxygen atoms in total. The SMILES string of the molecule is CC(C)(C)OC(=O)NCCOCCOCCOCCOCCN=C=O. The van der Waals surface area contributed by atoms with Gasteiger partial charge in [-0.05, 0) is 20.8 Å². The number of hydrogen-bond acceptors (Lipinski definition) is 8. The number of ether oxygens (including phenoxy) is 5. The standard InChI is InChI=1S/C16H30N2O7/c1-16(2,3)25-15(20)18-5-7-22-9-11-24-13-12-23-10-8-21-6-4-17-14-19/h4-13H2,1-3H3,(H,18,20). The quantitative estimate of drug-likeness (QED) is 0.262. The van der Waals surface area contributed by atoms with Crippen molar-refractivity contribution in [2.45, 2.75) is 26.4 Å². The maximum absolute atomic E-state index is 11.4. The van der Waals surface area contributed by atoms with Gasteiger partial charge in [-0.2, -0.15) is 0 Å². The lowest BCUT2D eigenvalue weighted by Crippen LogP contribution is -2.34. The second-order valence-electron chi connectivity index (χ2n) is 5.85. The normalized spacial score (nSPS) is 11.0. The minimum Gasteiger partial charge on any atom is -0.444 e. The molecular formula is C16H30N2O7. The van der Waals surface area contributed by atoms with Crippen LogP contribution in [0.2, 0.25) is 0 Å². The molecule has 0 aromatic heterocycles. The number of aliphatic imine (C=N–C) groups is 1. The van der Waals surface area contributed by atoms with Crippen LogP contribution in [0, 0.1) is 0 Å². The van der Waals surface area contributed by atoms with Gasteiger partial charge >= 0.3 is 6.09 Å². The van der Waals surface area contributed by atoms with Crippen LogP contribution >= 0.6 is 0 Å². The molecule has 0 rings (SSSR count). The van der Waals surface area contributed by atoms with Gasteiger partial charge in [-0.15, -0.1) is 0 Å². The maximum atomic E-state index is 11.4. The van der Waals surface area contributed by atoms with Crippen molar-refractivity contribution in [2.75, 3.05) is 65.9 Å². The van der Waals surface area contributed by atoms with Crippen molar-refractivity contribution in [1.29, 1.82) is 0 Å². The van der Waals surface area contributed by atoms with Crippen molar-refractivity contribution in [1.82, 2.24) is 5.32 Å². The third-order valence-corrected chi connectivity index (χ3v) is 2.44. The molecule has 25 heavy (non-hydrogen) atoms. The summed E-state index contributed by atoms with van der Waals surface area (Å²) in [5.41, 5.74) is -0.502. The van der Waals surface area contributed by atoms with E-state index in [1.54, 1.807) is 0 Å². The second-order valence-corrected chi connectivity index (χ2v) is 5.85. The van der Waals surface area contributed by atoms with E-state index in [1.165, 1.54) is 6.08 Å². The molecule has 0 aliphatic rings. The summed E-state index contributed by atoms with van der Waals surface area (Å²) in [6, 6.07) is 0. The number of rotatable bonds is 15. The largest absolute Gasteiger partial charge is 0.444 e. The molecule has 0 saturated carbocycles. The monoisotopic (exact) mass is 362 g/mol. The fraction of sp³-hybridized carbons (Fsp3) is 0.875. The van der Waals surface area contributed by atoms with Gasteiger partial charge in [0.15, 0.2) is 0 Å². The number of amides is 1. The van der Waals surface area contributed by atoms with Crippen LogP contribution in [0.4, 0.5) is 4.79 Å². The molecule has 0 aromatic carbocycles. The van der Waals surface area contributed by atoms with Crippen LogP contribution in [0.5, 0.6) is 0 Å². The van der Waals surface area contributed by atoms with E-state index in [0.29, 0.717) is 65.9 Å². The molecule has 146 valence electrons. The number of carbonyl (C=O) groups excluding carboxylic acids is 2. The highest BCUT2D eigenvalue weighted by molar-refractivity contribution is 5.67. The Morgan fingerprint density at radius 3 is 1.84 bits per heavy atom. The van der Waals surface area contributed by atoms with Gasteiger partial charge in [0.2, 0.25) is 6.08 Å². The molecule has 9 heteroatoms. The molecule has 0 bridgehead atoms. The Kier molecular flexibility index (Phi) is 15.0. The summed E-state index contributed by atoms with van der Waals surface area (Å²) in [5, 5.41) is 2.60. The zero-order valence-corrected chi connectivity index (χ0v) is 15.4. The first kappa shape index (κ1) is 23.5. The van der Waals surface area contributed by atoms with Gasteiger partial charge in [0.25, 0.3) is 0 Å². The van der Waals surface area contributed by atoms with E-state index in [2.05, 4.69) is 10.3 Å². The Morgan fingerprint density at radius 1 is 0.880 bits per heavy atom. The fourth-order valence-corrected chi connectivity index (χ4v) is 1.46. The van der Waals surface area contributed by atoms with Gasteiger partial charge < -0.3 is 29.0 Å². The minimum absolute atomic E-state index is 0.319. The molecule has 0 saturated heterocycles. The number of nitrogens with one attached hydrogen (secondary N) is 1. The lowest BCUT2D eigenvalue weighted by atomic mass is 10.2. The topological polar surface area (TPSA) is 105 Å². The van der Waals surface area contributed by atoms with E-state index in [-0.39, 0.29) is 0 Å². The Labute approximate surface area is 149 Å². The Balaban J connectivity index is 3.16. The minimum atomic E-state index is -0.502. The van der Waals surface area contributed by atoms with Crippen LogP contribution < -0.4 is 5.32 Å². The summed E-state index contributed by atoms with van der Waals surface area (Å²) in [7, 11) is 0. The highest BCUT2D eigenvalue weighted by Crippen LogP contribution is 2.05. The Bertz CT molecular complexity index is 379. The molecule has 0 aliphatic carbocycles. The summed E-state index contributed by atoms with van der Waals surface area (Å²) in [6.45, 7) is 9.64. The number of isocyanates is 1. The smallest absolute Gasteiger partial charge is 0.407 e. The third kappa shape index (κ3) is 20.4. The molecule has 0 fully saturated rings. The zero-order chi connectivity index (χ0) is 18.8. The van der Waals surface area contributed by atoms with Crippen LogP contribution in [0.1, 0.15) is 20.8 Å². The van der Waals surface area contributed by atoms with E-state index < -0.39 is 11.7 Å². The van der Waals surface area contributed by atoms with E-state index in [0.717, 1.165) is 0 Å². The average Bonchev–Trinajstić information content (AvgIpc) is 2.53. The summed E-state index contributed by atoms with van der Waals surface area (Å²) in [4.78, 5) is 24.5. The van der Waals surface area contributed by atoms with Gasteiger partial charge in [0.1, 0.15) is 5.60 Å². The van der Waals surface area contributed by atoms with Crippen molar-refractivity contribution in [3.63, 3.8) is 0 Å². The lowest BCUT2D eigenvalue weighted by Gasteiger charge is -2.19. The van der Waals surface area contributed by atoms with Crippen molar-refractivity contribution in [3.8, 4) is 0 Å². The van der Waals surface area contributed by atoms with E-state index in [9.17, 15) is 9.59 Å². The van der Waals surface area contributed by atoms with Gasteiger partial charge in [-0.25, -0.2) is 14.6 Å². The molecule has 0 radical (unpaired) electrons. The molecule has 0 atom stereocenters. The number of hydrogen-bond donors (Lipinski definition) is 1. The average molecular weight is 362 g/mol. The molecule has 0 aromatic rings. The third-order valence-electron chi connectivity index (χ3n) is 2.44. The number of alkyl carbamates (subject to hydrolysis) is 1. The molecule has 0 aliphatic heterocycles. The van der Waals surface area contributed by atoms with Crippen molar-refractivity contribution in [3.05, 3.63) is 0 Å². The number of nitrogens with zero attached hydrogens (tertiary/aromatic N) is 1. The maximum Gasteiger partial charge on any atom is 0.407 e. The first-order chi connectivity index (χ1) is 12.0. The predicted octanol–water partition coefficient (Wildman–Crippen LogP) is 0.913. The van der Waals surface area contributed by atoms with E-state index in [1.807, 2.05) is 20.8 Å². The zero-order valence-electron chi connectivity index (χ0n) is 15.4. The first-order valence-electron chi connectivity index (χ1n) is 8.27. The predicted molar refractivity (Wildman–Crippen MR) is 90.5 cm³/mol. The molecule has 0 unspecified atom stereocenters. The van der Waals surface area contributed by atoms with E-state index in [4.69, 9.17) is 23.7 Å². The van der Waals surface area contributed by atoms with Gasteiger partial charge in [0.05, 0.1) is 59.4 Å². The Hall–Kier alpha value is -1.51. The van der Waals surface area contributed by atoms with Crippen LogP contribution in [0.25, 0.3) is 0 Å². The molecule has 1 N–H and O–H groups in total. The fourth-order valence-electron chi connectivity index (χ4n) is 1.46. The van der Waals surface area contributed by atoms with Crippen LogP contribution in [-0.2, 0) is 28.5 Å². The number of carbonyl (C=O) groups is 1.